The minimum atomic E-state index is -0.502. The van der Waals surface area contributed by atoms with Crippen molar-refractivity contribution >= 4 is 6.09 Å². The van der Waals surface area contributed by atoms with E-state index in [1.807, 2.05) is 80.3 Å². The van der Waals surface area contributed by atoms with Gasteiger partial charge in [-0.15, -0.1) is 0 Å². The Balaban J connectivity index is 1.31. The molecule has 7 nitrogen and oxygen atoms in total. The third-order valence-corrected chi connectivity index (χ3v) is 8.20. The molecule has 2 fully saturated rings. The molecule has 2 saturated heterocycles. The van der Waals surface area contributed by atoms with Gasteiger partial charge in [0.15, 0.2) is 0 Å². The predicted molar refractivity (Wildman–Crippen MR) is 172 cm³/mol. The maximum absolute atomic E-state index is 12.9. The van der Waals surface area contributed by atoms with Crippen LogP contribution in [0, 0.1) is 5.92 Å². The van der Waals surface area contributed by atoms with E-state index in [9.17, 15) is 4.79 Å². The molecule has 0 aliphatic carbocycles. The van der Waals surface area contributed by atoms with Crippen LogP contribution in [0.1, 0.15) is 50.3 Å². The maximum Gasteiger partial charge on any atom is 0.410 e. The summed E-state index contributed by atoms with van der Waals surface area (Å²) in [6, 6.07) is 30.9. The molecular weight excluding hydrogens is 552 g/mol. The highest BCUT2D eigenvalue weighted by Gasteiger charge is 2.40. The summed E-state index contributed by atoms with van der Waals surface area (Å²) in [6.45, 7) is 11.0. The normalized spacial score (nSPS) is 21.7. The summed E-state index contributed by atoms with van der Waals surface area (Å²) in [6.07, 6.45) is 1.24. The van der Waals surface area contributed by atoms with Gasteiger partial charge >= 0.3 is 6.09 Å². The third kappa shape index (κ3) is 9.89. The molecule has 7 heteroatoms. The van der Waals surface area contributed by atoms with Gasteiger partial charge in [0.25, 0.3) is 0 Å². The van der Waals surface area contributed by atoms with Crippen LogP contribution in [0.25, 0.3) is 0 Å². The molecular formula is C37H48N2O5. The first kappa shape index (κ1) is 32.2. The lowest BCUT2D eigenvalue weighted by Gasteiger charge is -2.45. The van der Waals surface area contributed by atoms with E-state index in [0.717, 1.165) is 55.7 Å². The fourth-order valence-electron chi connectivity index (χ4n) is 6.08. The summed E-state index contributed by atoms with van der Waals surface area (Å²) >= 11 is 0. The Morgan fingerprint density at radius 2 is 1.18 bits per heavy atom. The zero-order valence-corrected chi connectivity index (χ0v) is 26.5. The Hall–Kier alpha value is -3.23. The molecule has 0 N–H and O–H groups in total. The van der Waals surface area contributed by atoms with Crippen LogP contribution in [0.15, 0.2) is 91.0 Å². The number of piperidine rings is 2. The summed E-state index contributed by atoms with van der Waals surface area (Å²) in [5.41, 5.74) is 2.89. The van der Waals surface area contributed by atoms with E-state index in [-0.39, 0.29) is 24.4 Å². The minimum Gasteiger partial charge on any atom is -0.444 e. The van der Waals surface area contributed by atoms with Crippen molar-refractivity contribution in [2.24, 2.45) is 5.92 Å². The quantitative estimate of drug-likeness (QED) is 0.244. The molecule has 0 saturated carbocycles. The first-order valence-electron chi connectivity index (χ1n) is 16.0. The van der Waals surface area contributed by atoms with Crippen molar-refractivity contribution in [1.82, 2.24) is 9.80 Å². The highest BCUT2D eigenvalue weighted by Crippen LogP contribution is 2.27. The van der Waals surface area contributed by atoms with Gasteiger partial charge in [0.05, 0.1) is 32.0 Å². The molecule has 0 aromatic heterocycles. The van der Waals surface area contributed by atoms with Crippen LogP contribution in [-0.2, 0) is 38.8 Å². The fraction of sp³-hybridized carbons (Fsp3) is 0.486. The highest BCUT2D eigenvalue weighted by atomic mass is 16.6. The minimum absolute atomic E-state index is 0.181. The van der Waals surface area contributed by atoms with Crippen molar-refractivity contribution < 1.29 is 23.7 Å². The largest absolute Gasteiger partial charge is 0.444 e. The van der Waals surface area contributed by atoms with Gasteiger partial charge in [0.2, 0.25) is 0 Å². The maximum atomic E-state index is 12.9. The molecule has 2 aliphatic heterocycles. The monoisotopic (exact) mass is 600 g/mol. The lowest BCUT2D eigenvalue weighted by molar-refractivity contribution is -0.186. The SMILES string of the molecule is CC(C)(C)OC(=O)N1CCC[C@H](CN2C[C@@H](OCc3ccccc3)C(OCc3ccccc3)[C@H](OCc3ccccc3)C2)C1. The molecule has 0 unspecified atom stereocenters. The smallest absolute Gasteiger partial charge is 0.410 e. The van der Waals surface area contributed by atoms with Gasteiger partial charge < -0.3 is 23.8 Å². The second-order valence-corrected chi connectivity index (χ2v) is 13.1. The van der Waals surface area contributed by atoms with Crippen LogP contribution in [0.4, 0.5) is 4.79 Å². The molecule has 3 atom stereocenters. The van der Waals surface area contributed by atoms with E-state index in [1.54, 1.807) is 0 Å². The number of ether oxygens (including phenoxy) is 4. The highest BCUT2D eigenvalue weighted by molar-refractivity contribution is 5.68. The van der Waals surface area contributed by atoms with Crippen molar-refractivity contribution in [2.45, 2.75) is 77.3 Å². The second kappa shape index (κ2) is 15.7. The van der Waals surface area contributed by atoms with Crippen molar-refractivity contribution in [3.63, 3.8) is 0 Å². The van der Waals surface area contributed by atoms with Crippen LogP contribution in [0.3, 0.4) is 0 Å². The molecule has 2 aliphatic rings. The van der Waals surface area contributed by atoms with E-state index in [2.05, 4.69) is 41.3 Å². The number of hydrogen-bond acceptors (Lipinski definition) is 6. The molecule has 0 spiro atoms. The molecule has 236 valence electrons. The van der Waals surface area contributed by atoms with Crippen LogP contribution >= 0.6 is 0 Å². The summed E-state index contributed by atoms with van der Waals surface area (Å²) in [5.74, 6) is 0.350. The zero-order chi connectivity index (χ0) is 30.8. The Labute approximate surface area is 263 Å². The van der Waals surface area contributed by atoms with Gasteiger partial charge in [-0.2, -0.15) is 0 Å². The topological polar surface area (TPSA) is 60.5 Å². The molecule has 2 heterocycles. The van der Waals surface area contributed by atoms with E-state index < -0.39 is 5.60 Å². The Morgan fingerprint density at radius 1 is 0.705 bits per heavy atom. The van der Waals surface area contributed by atoms with E-state index in [0.29, 0.717) is 32.3 Å². The molecule has 44 heavy (non-hydrogen) atoms. The van der Waals surface area contributed by atoms with Crippen molar-refractivity contribution in [3.8, 4) is 0 Å². The van der Waals surface area contributed by atoms with Gasteiger partial charge in [0, 0.05) is 32.7 Å². The molecule has 1 amide bonds. The van der Waals surface area contributed by atoms with Crippen LogP contribution < -0.4 is 0 Å². The van der Waals surface area contributed by atoms with Crippen LogP contribution in [-0.4, -0.2) is 72.5 Å². The number of benzene rings is 3. The van der Waals surface area contributed by atoms with Crippen LogP contribution in [0.2, 0.25) is 0 Å². The number of carbonyl (C=O) groups is 1. The lowest BCUT2D eigenvalue weighted by Crippen LogP contribution is -2.59. The number of rotatable bonds is 11. The van der Waals surface area contributed by atoms with Gasteiger partial charge in [-0.1, -0.05) is 91.0 Å². The molecule has 0 radical (unpaired) electrons. The van der Waals surface area contributed by atoms with Gasteiger partial charge in [-0.25, -0.2) is 4.79 Å². The van der Waals surface area contributed by atoms with Crippen molar-refractivity contribution in [2.75, 3.05) is 32.7 Å². The van der Waals surface area contributed by atoms with E-state index >= 15 is 0 Å². The molecule has 0 bridgehead atoms. The van der Waals surface area contributed by atoms with Crippen LogP contribution in [0.5, 0.6) is 0 Å². The number of amides is 1. The number of carbonyl (C=O) groups excluding carboxylic acids is 1. The number of nitrogens with zero attached hydrogens (tertiary/aromatic N) is 2. The van der Waals surface area contributed by atoms with Crippen molar-refractivity contribution in [3.05, 3.63) is 108 Å². The van der Waals surface area contributed by atoms with Gasteiger partial charge in [-0.3, -0.25) is 4.90 Å². The summed E-state index contributed by atoms with van der Waals surface area (Å²) in [7, 11) is 0. The summed E-state index contributed by atoms with van der Waals surface area (Å²) < 4.78 is 25.7. The molecule has 5 rings (SSSR count). The lowest BCUT2D eigenvalue weighted by atomic mass is 9.94. The zero-order valence-electron chi connectivity index (χ0n) is 26.5. The van der Waals surface area contributed by atoms with E-state index in [4.69, 9.17) is 18.9 Å². The third-order valence-electron chi connectivity index (χ3n) is 8.20. The standard InChI is InChI=1S/C37H48N2O5/c1-37(2,3)44-36(40)39-21-13-20-32(23-39)22-38-24-33(41-26-29-14-7-4-8-15-29)35(43-28-31-18-11-6-12-19-31)34(25-38)42-27-30-16-9-5-10-17-30/h4-12,14-19,32-35H,13,20-28H2,1-3H3/t32-,33-,34-/m1/s1. The Bertz CT molecular complexity index is 1210. The van der Waals surface area contributed by atoms with Gasteiger partial charge in [-0.05, 0) is 56.2 Å². The number of likely N-dealkylation sites (tertiary alicyclic amines) is 2. The Kier molecular flexibility index (Phi) is 11.5. The summed E-state index contributed by atoms with van der Waals surface area (Å²) in [4.78, 5) is 17.2. The first-order valence-corrected chi connectivity index (χ1v) is 16.0. The fourth-order valence-corrected chi connectivity index (χ4v) is 6.08. The Morgan fingerprint density at radius 3 is 1.66 bits per heavy atom. The molecule has 3 aromatic carbocycles. The van der Waals surface area contributed by atoms with Gasteiger partial charge in [0.1, 0.15) is 11.7 Å². The average Bonchev–Trinajstić information content (AvgIpc) is 3.03. The summed E-state index contributed by atoms with van der Waals surface area (Å²) in [5, 5.41) is 0. The second-order valence-electron chi connectivity index (χ2n) is 13.1. The number of hydrogen-bond donors (Lipinski definition) is 0. The average molecular weight is 601 g/mol. The first-order chi connectivity index (χ1) is 21.3. The predicted octanol–water partition coefficient (Wildman–Crippen LogP) is 6.71. The van der Waals surface area contributed by atoms with Crippen molar-refractivity contribution in [1.29, 1.82) is 0 Å². The molecule has 3 aromatic rings. The van der Waals surface area contributed by atoms with E-state index in [1.165, 1.54) is 0 Å².